The van der Waals surface area contributed by atoms with Crippen LogP contribution in [0.25, 0.3) is 0 Å². The van der Waals surface area contributed by atoms with E-state index in [9.17, 15) is 0 Å². The largest absolute Gasteiger partial charge is 0.140 e. The van der Waals surface area contributed by atoms with Gasteiger partial charge in [0.2, 0.25) is 0 Å². The highest BCUT2D eigenvalue weighted by atomic mass is 32.2. The van der Waals surface area contributed by atoms with Crippen LogP contribution < -0.4 is 0 Å². The van der Waals surface area contributed by atoms with E-state index < -0.39 is 0 Å². The first-order valence-corrected chi connectivity index (χ1v) is 5.96. The van der Waals surface area contributed by atoms with E-state index in [1.54, 1.807) is 0 Å². The fourth-order valence-electron chi connectivity index (χ4n) is 2.43. The summed E-state index contributed by atoms with van der Waals surface area (Å²) in [5, 5.41) is 0. The van der Waals surface area contributed by atoms with Crippen LogP contribution in [-0.4, -0.2) is 0 Å². The molecule has 1 aromatic rings. The molecular weight excluding hydrogens is 188 g/mol. The summed E-state index contributed by atoms with van der Waals surface area (Å²) < 4.78 is 0.539. The molecule has 0 fully saturated rings. The highest BCUT2D eigenvalue weighted by molar-refractivity contribution is 8.01. The summed E-state index contributed by atoms with van der Waals surface area (Å²) >= 11 is 2.06. The molecule has 0 unspecified atom stereocenters. The standard InChI is InChI=1S/C13H18S/c1-9-6-7-10-11(8-9)13(4,5)14-12(10,2)3/h6-8H,1-5H3. The van der Waals surface area contributed by atoms with Gasteiger partial charge in [0, 0.05) is 9.49 Å². The number of hydrogen-bond acceptors (Lipinski definition) is 1. The van der Waals surface area contributed by atoms with E-state index in [0.717, 1.165) is 0 Å². The van der Waals surface area contributed by atoms with E-state index in [-0.39, 0.29) is 9.49 Å². The maximum atomic E-state index is 2.34. The van der Waals surface area contributed by atoms with Crippen LogP contribution in [0.5, 0.6) is 0 Å². The van der Waals surface area contributed by atoms with Crippen molar-refractivity contribution in [3.63, 3.8) is 0 Å². The first kappa shape index (κ1) is 10.1. The van der Waals surface area contributed by atoms with Gasteiger partial charge in [-0.1, -0.05) is 23.8 Å². The molecular formula is C13H18S. The zero-order valence-electron chi connectivity index (χ0n) is 9.64. The smallest absolute Gasteiger partial charge is 0.0364 e. The van der Waals surface area contributed by atoms with Crippen LogP contribution in [0.4, 0.5) is 0 Å². The van der Waals surface area contributed by atoms with Crippen molar-refractivity contribution in [2.45, 2.75) is 44.1 Å². The molecule has 14 heavy (non-hydrogen) atoms. The molecule has 0 atom stereocenters. The lowest BCUT2D eigenvalue weighted by molar-refractivity contribution is 0.786. The van der Waals surface area contributed by atoms with Gasteiger partial charge in [-0.2, -0.15) is 0 Å². The van der Waals surface area contributed by atoms with Crippen molar-refractivity contribution in [2.75, 3.05) is 0 Å². The van der Waals surface area contributed by atoms with Gasteiger partial charge in [0.25, 0.3) is 0 Å². The summed E-state index contributed by atoms with van der Waals surface area (Å²) in [5.74, 6) is 0. The number of aryl methyl sites for hydroxylation is 1. The lowest BCUT2D eigenvalue weighted by Crippen LogP contribution is -2.09. The van der Waals surface area contributed by atoms with Crippen molar-refractivity contribution in [1.82, 2.24) is 0 Å². The Morgan fingerprint density at radius 2 is 1.50 bits per heavy atom. The Balaban J connectivity index is 2.66. The highest BCUT2D eigenvalue weighted by Crippen LogP contribution is 2.57. The number of benzene rings is 1. The van der Waals surface area contributed by atoms with Crippen molar-refractivity contribution in [3.05, 3.63) is 34.9 Å². The third-order valence-corrected chi connectivity index (χ3v) is 4.44. The Labute approximate surface area is 91.1 Å². The molecule has 0 N–H and O–H groups in total. The Morgan fingerprint density at radius 1 is 0.929 bits per heavy atom. The number of thioether (sulfide) groups is 1. The molecule has 76 valence electrons. The van der Waals surface area contributed by atoms with Crippen molar-refractivity contribution in [3.8, 4) is 0 Å². The predicted molar refractivity (Wildman–Crippen MR) is 64.8 cm³/mol. The van der Waals surface area contributed by atoms with E-state index in [0.29, 0.717) is 0 Å². The highest BCUT2D eigenvalue weighted by Gasteiger charge is 2.42. The fourth-order valence-corrected chi connectivity index (χ4v) is 4.27. The minimum atomic E-state index is 0.269. The monoisotopic (exact) mass is 206 g/mol. The van der Waals surface area contributed by atoms with Crippen LogP contribution in [0.3, 0.4) is 0 Å². The third kappa shape index (κ3) is 1.38. The van der Waals surface area contributed by atoms with Crippen molar-refractivity contribution in [2.24, 2.45) is 0 Å². The summed E-state index contributed by atoms with van der Waals surface area (Å²) in [6.07, 6.45) is 0. The van der Waals surface area contributed by atoms with Crippen LogP contribution in [-0.2, 0) is 9.49 Å². The Kier molecular flexibility index (Phi) is 2.01. The summed E-state index contributed by atoms with van der Waals surface area (Å²) in [6.45, 7) is 11.5. The van der Waals surface area contributed by atoms with Gasteiger partial charge in [0.15, 0.2) is 0 Å². The second-order valence-corrected chi connectivity index (χ2v) is 7.42. The zero-order chi connectivity index (χ0) is 10.6. The number of hydrogen-bond donors (Lipinski definition) is 0. The number of rotatable bonds is 0. The number of fused-ring (bicyclic) bond motifs is 1. The molecule has 1 heterocycles. The normalized spacial score (nSPS) is 22.1. The minimum absolute atomic E-state index is 0.269. The molecule has 2 rings (SSSR count). The van der Waals surface area contributed by atoms with E-state index in [4.69, 9.17) is 0 Å². The van der Waals surface area contributed by atoms with E-state index >= 15 is 0 Å². The lowest BCUT2D eigenvalue weighted by atomic mass is 9.89. The van der Waals surface area contributed by atoms with Crippen LogP contribution in [0.1, 0.15) is 44.4 Å². The second kappa shape index (κ2) is 2.79. The maximum Gasteiger partial charge on any atom is 0.0364 e. The molecule has 0 saturated heterocycles. The van der Waals surface area contributed by atoms with Gasteiger partial charge in [-0.05, 0) is 45.7 Å². The first-order valence-electron chi connectivity index (χ1n) is 5.15. The molecule has 0 amide bonds. The molecule has 0 aromatic heterocycles. The van der Waals surface area contributed by atoms with Crippen LogP contribution in [0.15, 0.2) is 18.2 Å². The fraction of sp³-hybridized carbons (Fsp3) is 0.538. The van der Waals surface area contributed by atoms with Gasteiger partial charge in [0.1, 0.15) is 0 Å². The summed E-state index contributed by atoms with van der Waals surface area (Å²) in [4.78, 5) is 0. The van der Waals surface area contributed by atoms with Gasteiger partial charge >= 0.3 is 0 Å². The average Bonchev–Trinajstić information content (AvgIpc) is 2.17. The third-order valence-electron chi connectivity index (χ3n) is 2.98. The van der Waals surface area contributed by atoms with Crippen molar-refractivity contribution in [1.29, 1.82) is 0 Å². The summed E-state index contributed by atoms with van der Waals surface area (Å²) in [7, 11) is 0. The van der Waals surface area contributed by atoms with Crippen LogP contribution in [0, 0.1) is 6.92 Å². The average molecular weight is 206 g/mol. The second-order valence-electron chi connectivity index (χ2n) is 5.17. The van der Waals surface area contributed by atoms with E-state index in [1.165, 1.54) is 16.7 Å². The quantitative estimate of drug-likeness (QED) is 0.612. The lowest BCUT2D eigenvalue weighted by Gasteiger charge is -2.22. The molecule has 1 aromatic carbocycles. The Hall–Kier alpha value is -0.430. The van der Waals surface area contributed by atoms with Gasteiger partial charge in [-0.15, -0.1) is 11.8 Å². The molecule has 0 aliphatic carbocycles. The minimum Gasteiger partial charge on any atom is -0.140 e. The SMILES string of the molecule is Cc1ccc2c(c1)C(C)(C)SC2(C)C. The van der Waals surface area contributed by atoms with Crippen molar-refractivity contribution >= 4 is 11.8 Å². The Morgan fingerprint density at radius 3 is 2.14 bits per heavy atom. The summed E-state index contributed by atoms with van der Waals surface area (Å²) in [5.41, 5.74) is 4.40. The zero-order valence-corrected chi connectivity index (χ0v) is 10.5. The van der Waals surface area contributed by atoms with Crippen LogP contribution >= 0.6 is 11.8 Å². The van der Waals surface area contributed by atoms with Gasteiger partial charge in [-0.25, -0.2) is 0 Å². The maximum absolute atomic E-state index is 2.34. The summed E-state index contributed by atoms with van der Waals surface area (Å²) in [6, 6.07) is 6.87. The predicted octanol–water partition coefficient (Wildman–Crippen LogP) is 4.21. The molecule has 1 aliphatic rings. The molecule has 0 saturated carbocycles. The molecule has 1 heteroatoms. The molecule has 0 nitrogen and oxygen atoms in total. The molecule has 0 radical (unpaired) electrons. The van der Waals surface area contributed by atoms with Gasteiger partial charge in [-0.3, -0.25) is 0 Å². The van der Waals surface area contributed by atoms with Gasteiger partial charge in [0.05, 0.1) is 0 Å². The first-order chi connectivity index (χ1) is 6.33. The Bertz CT molecular complexity index is 375. The van der Waals surface area contributed by atoms with Crippen LogP contribution in [0.2, 0.25) is 0 Å². The topological polar surface area (TPSA) is 0 Å². The molecule has 0 bridgehead atoms. The van der Waals surface area contributed by atoms with E-state index in [1.807, 2.05) is 0 Å². The van der Waals surface area contributed by atoms with Crippen molar-refractivity contribution < 1.29 is 0 Å². The van der Waals surface area contributed by atoms with Gasteiger partial charge < -0.3 is 0 Å². The molecule has 0 spiro atoms. The van der Waals surface area contributed by atoms with E-state index in [2.05, 4.69) is 64.6 Å². The molecule has 1 aliphatic heterocycles.